The van der Waals surface area contributed by atoms with E-state index in [0.29, 0.717) is 21.5 Å². The van der Waals surface area contributed by atoms with Gasteiger partial charge in [-0.2, -0.15) is 0 Å². The maximum atomic E-state index is 12.1. The second kappa shape index (κ2) is 13.8. The van der Waals surface area contributed by atoms with Crippen molar-refractivity contribution in [2.75, 3.05) is 0 Å². The highest BCUT2D eigenvalue weighted by atomic mass is 35.5. The van der Waals surface area contributed by atoms with Crippen LogP contribution in [0.3, 0.4) is 0 Å². The molecule has 0 radical (unpaired) electrons. The van der Waals surface area contributed by atoms with Crippen molar-refractivity contribution < 1.29 is 24.1 Å². The van der Waals surface area contributed by atoms with Crippen LogP contribution in [-0.4, -0.2) is 15.0 Å². The largest absolute Gasteiger partial charge is 0.508 e. The Morgan fingerprint density at radius 3 is 1.57 bits per heavy atom. The molecule has 4 aromatic rings. The standard InChI is InChI=1S/C13H10ClNO3.C7H7ClO.C6H4FNO2/c1-9-8-12(6-7-13(9)14)18-11-4-2-10(3-5-11)15(16)17;1-5-4-6(9)2-3-7(5)8;7-5-1-3-6(4-2-5)8(9)10/h2-8H,1H3;2-4,9H,1H3;1-4H. The van der Waals surface area contributed by atoms with E-state index < -0.39 is 15.7 Å². The Hall–Kier alpha value is -4.21. The Balaban J connectivity index is 0.000000214. The number of non-ortho nitro benzene ring substituents is 2. The SMILES string of the molecule is Cc1cc(O)ccc1Cl.Cc1cc(Oc2ccc([N+](=O)[O-])cc2)ccc1Cl.O=[N+]([O-])c1ccc(F)cc1. The molecule has 192 valence electrons. The first kappa shape index (κ1) is 29.0. The predicted octanol–water partition coefficient (Wildman–Crippen LogP) is 8.44. The lowest BCUT2D eigenvalue weighted by molar-refractivity contribution is -0.385. The third-order valence-corrected chi connectivity index (χ3v) is 5.44. The monoisotopic (exact) mass is 546 g/mol. The number of phenols is 1. The molecular weight excluding hydrogens is 526 g/mol. The molecule has 0 atom stereocenters. The summed E-state index contributed by atoms with van der Waals surface area (Å²) in [5.41, 5.74) is 1.75. The summed E-state index contributed by atoms with van der Waals surface area (Å²) in [6.07, 6.45) is 0. The molecule has 0 saturated heterocycles. The van der Waals surface area contributed by atoms with E-state index in [-0.39, 0.29) is 17.1 Å². The first-order chi connectivity index (χ1) is 17.5. The van der Waals surface area contributed by atoms with Crippen molar-refractivity contribution >= 4 is 34.6 Å². The number of halogens is 3. The maximum absolute atomic E-state index is 12.1. The van der Waals surface area contributed by atoms with Crippen molar-refractivity contribution in [2.24, 2.45) is 0 Å². The normalized spacial score (nSPS) is 9.76. The summed E-state index contributed by atoms with van der Waals surface area (Å²) in [5.74, 6) is 0.982. The summed E-state index contributed by atoms with van der Waals surface area (Å²) in [5, 5.41) is 30.7. The van der Waals surface area contributed by atoms with Crippen LogP contribution in [0, 0.1) is 39.9 Å². The van der Waals surface area contributed by atoms with Crippen LogP contribution in [0.15, 0.2) is 84.9 Å². The lowest BCUT2D eigenvalue weighted by atomic mass is 10.2. The van der Waals surface area contributed by atoms with Gasteiger partial charge in [0.05, 0.1) is 9.85 Å². The van der Waals surface area contributed by atoms with Crippen LogP contribution in [0.25, 0.3) is 0 Å². The van der Waals surface area contributed by atoms with E-state index in [1.807, 2.05) is 19.9 Å². The summed E-state index contributed by atoms with van der Waals surface area (Å²) in [7, 11) is 0. The third-order valence-electron chi connectivity index (χ3n) is 4.59. The van der Waals surface area contributed by atoms with Crippen LogP contribution >= 0.6 is 23.2 Å². The number of phenolic OH excluding ortho intramolecular Hbond substituents is 1. The number of rotatable bonds is 4. The van der Waals surface area contributed by atoms with Crippen molar-refractivity contribution in [1.82, 2.24) is 0 Å². The van der Waals surface area contributed by atoms with E-state index in [9.17, 15) is 24.6 Å². The molecule has 0 aliphatic heterocycles. The van der Waals surface area contributed by atoms with E-state index >= 15 is 0 Å². The minimum atomic E-state index is -0.570. The van der Waals surface area contributed by atoms with Crippen molar-refractivity contribution in [1.29, 1.82) is 0 Å². The minimum Gasteiger partial charge on any atom is -0.508 e. The van der Waals surface area contributed by atoms with Crippen molar-refractivity contribution in [3.8, 4) is 17.2 Å². The molecule has 0 fully saturated rings. The van der Waals surface area contributed by atoms with Crippen LogP contribution < -0.4 is 4.74 Å². The fourth-order valence-corrected chi connectivity index (χ4v) is 2.88. The lowest BCUT2D eigenvalue weighted by Gasteiger charge is -2.06. The molecule has 1 N–H and O–H groups in total. The van der Waals surface area contributed by atoms with Gasteiger partial charge in [-0.1, -0.05) is 23.2 Å². The average Bonchev–Trinajstić information content (AvgIpc) is 2.85. The highest BCUT2D eigenvalue weighted by Gasteiger charge is 2.06. The summed E-state index contributed by atoms with van der Waals surface area (Å²) in [6.45, 7) is 3.73. The quantitative estimate of drug-likeness (QED) is 0.203. The summed E-state index contributed by atoms with van der Waals surface area (Å²) >= 11 is 11.6. The topological polar surface area (TPSA) is 116 Å². The highest BCUT2D eigenvalue weighted by molar-refractivity contribution is 6.31. The molecule has 0 aliphatic rings. The smallest absolute Gasteiger partial charge is 0.269 e. The molecule has 0 saturated carbocycles. The molecule has 0 aromatic heterocycles. The second-order valence-electron chi connectivity index (χ2n) is 7.43. The van der Waals surface area contributed by atoms with Gasteiger partial charge < -0.3 is 9.84 Å². The van der Waals surface area contributed by atoms with Gasteiger partial charge in [0.2, 0.25) is 0 Å². The number of nitro groups is 2. The Bertz CT molecular complexity index is 1370. The Labute approximate surface area is 221 Å². The molecule has 0 bridgehead atoms. The molecule has 0 heterocycles. The number of hydrogen-bond donors (Lipinski definition) is 1. The van der Waals surface area contributed by atoms with E-state index in [2.05, 4.69) is 0 Å². The fraction of sp³-hybridized carbons (Fsp3) is 0.0769. The van der Waals surface area contributed by atoms with Crippen LogP contribution in [-0.2, 0) is 0 Å². The molecule has 11 heteroatoms. The molecule has 8 nitrogen and oxygen atoms in total. The van der Waals surface area contributed by atoms with Crippen LogP contribution in [0.4, 0.5) is 15.8 Å². The average molecular weight is 547 g/mol. The van der Waals surface area contributed by atoms with Gasteiger partial charge in [-0.3, -0.25) is 20.2 Å². The number of nitro benzene ring substituents is 2. The lowest BCUT2D eigenvalue weighted by Crippen LogP contribution is -1.88. The van der Waals surface area contributed by atoms with Gasteiger partial charge in [0.1, 0.15) is 23.1 Å². The van der Waals surface area contributed by atoms with E-state index in [4.69, 9.17) is 33.0 Å². The Morgan fingerprint density at radius 2 is 1.14 bits per heavy atom. The fourth-order valence-electron chi connectivity index (χ4n) is 2.64. The zero-order chi connectivity index (χ0) is 27.5. The first-order valence-corrected chi connectivity index (χ1v) is 11.3. The third kappa shape index (κ3) is 9.75. The van der Waals surface area contributed by atoms with Gasteiger partial charge in [-0.05, 0) is 85.6 Å². The van der Waals surface area contributed by atoms with Gasteiger partial charge in [0.25, 0.3) is 11.4 Å². The van der Waals surface area contributed by atoms with Gasteiger partial charge in [-0.25, -0.2) is 4.39 Å². The number of ether oxygens (including phenoxy) is 1. The highest BCUT2D eigenvalue weighted by Crippen LogP contribution is 2.27. The maximum Gasteiger partial charge on any atom is 0.269 e. The Morgan fingerprint density at radius 1 is 0.703 bits per heavy atom. The van der Waals surface area contributed by atoms with Gasteiger partial charge in [-0.15, -0.1) is 0 Å². The first-order valence-electron chi connectivity index (χ1n) is 10.5. The van der Waals surface area contributed by atoms with Crippen molar-refractivity contribution in [3.05, 3.63) is 132 Å². The molecular formula is C26H21Cl2FN2O6. The number of benzene rings is 4. The zero-order valence-electron chi connectivity index (χ0n) is 19.6. The zero-order valence-corrected chi connectivity index (χ0v) is 21.1. The molecule has 4 aromatic carbocycles. The van der Waals surface area contributed by atoms with Crippen molar-refractivity contribution in [3.63, 3.8) is 0 Å². The number of hydrogen-bond acceptors (Lipinski definition) is 6. The molecule has 37 heavy (non-hydrogen) atoms. The summed E-state index contributed by atoms with van der Waals surface area (Å²) in [6, 6.07) is 20.4. The summed E-state index contributed by atoms with van der Waals surface area (Å²) in [4.78, 5) is 19.5. The van der Waals surface area contributed by atoms with Crippen molar-refractivity contribution in [2.45, 2.75) is 13.8 Å². The molecule has 0 aliphatic carbocycles. The molecule has 0 amide bonds. The van der Waals surface area contributed by atoms with Crippen LogP contribution in [0.5, 0.6) is 17.2 Å². The minimum absolute atomic E-state index is 0.0367. The predicted molar refractivity (Wildman–Crippen MR) is 140 cm³/mol. The molecule has 0 unspecified atom stereocenters. The second-order valence-corrected chi connectivity index (χ2v) is 8.25. The van der Waals surface area contributed by atoms with E-state index in [0.717, 1.165) is 35.4 Å². The Kier molecular flexibility index (Phi) is 10.8. The van der Waals surface area contributed by atoms with Crippen LogP contribution in [0.1, 0.15) is 11.1 Å². The number of nitrogens with zero attached hydrogens (tertiary/aromatic N) is 2. The summed E-state index contributed by atoms with van der Waals surface area (Å²) < 4.78 is 17.7. The number of aryl methyl sites for hydroxylation is 2. The van der Waals surface area contributed by atoms with E-state index in [1.165, 1.54) is 12.1 Å². The van der Waals surface area contributed by atoms with Gasteiger partial charge in [0.15, 0.2) is 0 Å². The number of aromatic hydroxyl groups is 1. The van der Waals surface area contributed by atoms with Gasteiger partial charge >= 0.3 is 0 Å². The molecule has 4 rings (SSSR count). The molecule has 0 spiro atoms. The van der Waals surface area contributed by atoms with E-state index in [1.54, 1.807) is 42.5 Å². The van der Waals surface area contributed by atoms with Gasteiger partial charge in [0, 0.05) is 34.3 Å². The van der Waals surface area contributed by atoms with Crippen LogP contribution in [0.2, 0.25) is 10.0 Å².